The Morgan fingerprint density at radius 2 is 1.75 bits per heavy atom. The van der Waals surface area contributed by atoms with Crippen LogP contribution in [-0.4, -0.2) is 39.3 Å². The molecule has 1 N–H and O–H groups in total. The summed E-state index contributed by atoms with van der Waals surface area (Å²) in [6.07, 6.45) is 5.46. The molecule has 0 aliphatic carbocycles. The molecule has 0 saturated carbocycles. The van der Waals surface area contributed by atoms with Gasteiger partial charge in [-0.05, 0) is 41.0 Å². The summed E-state index contributed by atoms with van der Waals surface area (Å²) in [4.78, 5) is 33.0. The van der Waals surface area contributed by atoms with Crippen molar-refractivity contribution in [2.24, 2.45) is 0 Å². The van der Waals surface area contributed by atoms with Crippen molar-refractivity contribution in [3.05, 3.63) is 87.1 Å². The minimum Gasteiger partial charge on any atom is -0.318 e. The summed E-state index contributed by atoms with van der Waals surface area (Å²) in [7, 11) is 0. The van der Waals surface area contributed by atoms with E-state index in [0.717, 1.165) is 53.9 Å². The normalized spacial score (nSPS) is 11.4. The van der Waals surface area contributed by atoms with Gasteiger partial charge < -0.3 is 4.57 Å². The Bertz CT molecular complexity index is 1590. The average Bonchev–Trinajstić information content (AvgIpc) is 3.54. The molecular formula is C26H28N8O2. The molecule has 36 heavy (non-hydrogen) atoms. The molecule has 0 fully saturated rings. The lowest BCUT2D eigenvalue weighted by Gasteiger charge is -2.12. The van der Waals surface area contributed by atoms with Crippen molar-refractivity contribution in [2.45, 2.75) is 52.6 Å². The van der Waals surface area contributed by atoms with Crippen molar-refractivity contribution in [2.75, 3.05) is 0 Å². The summed E-state index contributed by atoms with van der Waals surface area (Å²) in [6.45, 7) is 4.73. The first-order chi connectivity index (χ1) is 17.6. The van der Waals surface area contributed by atoms with Gasteiger partial charge in [0.05, 0.1) is 5.69 Å². The van der Waals surface area contributed by atoms with Crippen molar-refractivity contribution in [3.63, 3.8) is 0 Å². The number of imidazole rings is 1. The zero-order chi connectivity index (χ0) is 25.1. The first-order valence-electron chi connectivity index (χ1n) is 12.2. The number of nitrogens with zero attached hydrogens (tertiary/aromatic N) is 7. The molecule has 0 aliphatic rings. The average molecular weight is 485 g/mol. The Labute approximate surface area is 207 Å². The molecule has 3 aromatic heterocycles. The minimum atomic E-state index is -0.426. The van der Waals surface area contributed by atoms with E-state index >= 15 is 0 Å². The quantitative estimate of drug-likeness (QED) is 0.321. The molecule has 0 saturated heterocycles. The van der Waals surface area contributed by atoms with Gasteiger partial charge in [0.1, 0.15) is 12.2 Å². The SMILES string of the molecule is CCCCCc1nc2[nH]c(=O)n(CC)c(=O)c2n1Cc1ccc(-c2ccccc2-n2cnnn2)cc1. The minimum absolute atomic E-state index is 0.301. The Hall–Kier alpha value is -4.34. The third-order valence-electron chi connectivity index (χ3n) is 6.39. The number of unbranched alkanes of at least 4 members (excludes halogenated alkanes) is 2. The molecule has 10 nitrogen and oxygen atoms in total. The first-order valence-corrected chi connectivity index (χ1v) is 12.2. The molecule has 0 atom stereocenters. The largest absolute Gasteiger partial charge is 0.330 e. The van der Waals surface area contributed by atoms with Crippen LogP contribution in [-0.2, 0) is 19.5 Å². The van der Waals surface area contributed by atoms with Crippen LogP contribution in [0.3, 0.4) is 0 Å². The summed E-state index contributed by atoms with van der Waals surface area (Å²) >= 11 is 0. The van der Waals surface area contributed by atoms with Crippen molar-refractivity contribution in [1.82, 2.24) is 39.3 Å². The van der Waals surface area contributed by atoms with Gasteiger partial charge in [-0.15, -0.1) is 5.10 Å². The smallest absolute Gasteiger partial charge is 0.318 e. The molecule has 0 spiro atoms. The summed E-state index contributed by atoms with van der Waals surface area (Å²) in [5.74, 6) is 0.813. The molecule has 5 aromatic rings. The number of hydrogen-bond donors (Lipinski definition) is 1. The third kappa shape index (κ3) is 4.37. The second-order valence-corrected chi connectivity index (χ2v) is 8.72. The van der Waals surface area contributed by atoms with Crippen molar-refractivity contribution in [1.29, 1.82) is 0 Å². The molecular weight excluding hydrogens is 456 g/mol. The number of tetrazole rings is 1. The van der Waals surface area contributed by atoms with Gasteiger partial charge in [-0.1, -0.05) is 62.2 Å². The zero-order valence-corrected chi connectivity index (χ0v) is 20.4. The lowest BCUT2D eigenvalue weighted by atomic mass is 10.0. The first kappa shape index (κ1) is 23.4. The molecule has 0 radical (unpaired) electrons. The molecule has 3 heterocycles. The fourth-order valence-electron chi connectivity index (χ4n) is 4.53. The topological polar surface area (TPSA) is 116 Å². The summed E-state index contributed by atoms with van der Waals surface area (Å²) in [5.41, 5.74) is 4.02. The Kier molecular flexibility index (Phi) is 6.57. The maximum atomic E-state index is 13.2. The van der Waals surface area contributed by atoms with Gasteiger partial charge in [0, 0.05) is 25.1 Å². The highest BCUT2D eigenvalue weighted by Crippen LogP contribution is 2.27. The highest BCUT2D eigenvalue weighted by Gasteiger charge is 2.18. The molecule has 0 amide bonds. The lowest BCUT2D eigenvalue weighted by molar-refractivity contribution is 0.652. The van der Waals surface area contributed by atoms with E-state index in [1.54, 1.807) is 17.9 Å². The Balaban J connectivity index is 1.53. The van der Waals surface area contributed by atoms with Crippen LogP contribution in [0.1, 0.15) is 44.5 Å². The number of para-hydroxylation sites is 1. The predicted octanol–water partition coefficient (Wildman–Crippen LogP) is 3.33. The monoisotopic (exact) mass is 484 g/mol. The van der Waals surface area contributed by atoms with Crippen LogP contribution in [0.4, 0.5) is 0 Å². The van der Waals surface area contributed by atoms with Crippen LogP contribution in [0.15, 0.2) is 64.4 Å². The van der Waals surface area contributed by atoms with E-state index in [9.17, 15) is 9.59 Å². The maximum Gasteiger partial charge on any atom is 0.330 e. The molecule has 0 unspecified atom stereocenters. The van der Waals surface area contributed by atoms with Crippen molar-refractivity contribution in [3.8, 4) is 16.8 Å². The fraction of sp³-hybridized carbons (Fsp3) is 0.308. The molecule has 10 heteroatoms. The van der Waals surface area contributed by atoms with Gasteiger partial charge in [-0.25, -0.2) is 9.78 Å². The van der Waals surface area contributed by atoms with Crippen LogP contribution < -0.4 is 11.2 Å². The van der Waals surface area contributed by atoms with E-state index in [1.165, 1.54) is 4.57 Å². The van der Waals surface area contributed by atoms with Crippen LogP contribution in [0.25, 0.3) is 28.0 Å². The van der Waals surface area contributed by atoms with Gasteiger partial charge in [0.2, 0.25) is 0 Å². The number of nitrogens with one attached hydrogen (secondary N) is 1. The van der Waals surface area contributed by atoms with Gasteiger partial charge in [-0.3, -0.25) is 14.3 Å². The van der Waals surface area contributed by atoms with Crippen molar-refractivity contribution < 1.29 is 0 Å². The van der Waals surface area contributed by atoms with E-state index < -0.39 is 5.69 Å². The Morgan fingerprint density at radius 3 is 2.47 bits per heavy atom. The fourth-order valence-corrected chi connectivity index (χ4v) is 4.53. The van der Waals surface area contributed by atoms with Gasteiger partial charge in [-0.2, -0.15) is 4.68 Å². The number of H-pyrrole nitrogens is 1. The number of aromatic amines is 1. The predicted molar refractivity (Wildman–Crippen MR) is 137 cm³/mol. The van der Waals surface area contributed by atoms with Crippen molar-refractivity contribution >= 4 is 11.2 Å². The summed E-state index contributed by atoms with van der Waals surface area (Å²) < 4.78 is 4.82. The number of aromatic nitrogens is 8. The van der Waals surface area contributed by atoms with Crippen LogP contribution in [0.5, 0.6) is 0 Å². The molecule has 184 valence electrons. The number of benzene rings is 2. The molecule has 0 bridgehead atoms. The number of hydrogen-bond acceptors (Lipinski definition) is 6. The number of aryl methyl sites for hydroxylation is 1. The zero-order valence-electron chi connectivity index (χ0n) is 20.4. The molecule has 0 aliphatic heterocycles. The summed E-state index contributed by atoms with van der Waals surface area (Å²) in [5, 5.41) is 11.5. The Morgan fingerprint density at radius 1 is 0.944 bits per heavy atom. The standard InChI is InChI=1S/C26H28N8O2/c1-3-5-6-11-22-28-24-23(25(35)32(4-2)26(36)29-24)33(22)16-18-12-14-19(15-13-18)20-9-7-8-10-21(20)34-17-27-30-31-34/h7-10,12-15,17H,3-6,11,16H2,1-2H3,(H,29,36). The highest BCUT2D eigenvalue weighted by atomic mass is 16.2. The highest BCUT2D eigenvalue weighted by molar-refractivity contribution is 5.73. The maximum absolute atomic E-state index is 13.2. The third-order valence-corrected chi connectivity index (χ3v) is 6.39. The second-order valence-electron chi connectivity index (χ2n) is 8.72. The second kappa shape index (κ2) is 10.1. The van der Waals surface area contributed by atoms with Gasteiger partial charge in [0.15, 0.2) is 11.2 Å². The van der Waals surface area contributed by atoms with Crippen LogP contribution in [0, 0.1) is 0 Å². The molecule has 2 aromatic carbocycles. The molecule has 5 rings (SSSR count). The number of rotatable bonds is 9. The number of fused-ring (bicyclic) bond motifs is 1. The van der Waals surface area contributed by atoms with E-state index in [4.69, 9.17) is 0 Å². The van der Waals surface area contributed by atoms with Crippen LogP contribution in [0.2, 0.25) is 0 Å². The summed E-state index contributed by atoms with van der Waals surface area (Å²) in [6, 6.07) is 16.2. The lowest BCUT2D eigenvalue weighted by Crippen LogP contribution is -2.35. The van der Waals surface area contributed by atoms with Crippen LogP contribution >= 0.6 is 0 Å². The van der Waals surface area contributed by atoms with E-state index in [-0.39, 0.29) is 5.56 Å². The van der Waals surface area contributed by atoms with Gasteiger partial charge >= 0.3 is 5.69 Å². The van der Waals surface area contributed by atoms with Gasteiger partial charge in [0.25, 0.3) is 5.56 Å². The van der Waals surface area contributed by atoms with E-state index in [2.05, 4.69) is 56.7 Å². The van der Waals surface area contributed by atoms with E-state index in [1.807, 2.05) is 28.8 Å². The van der Waals surface area contributed by atoms with E-state index in [0.29, 0.717) is 24.3 Å².